The van der Waals surface area contributed by atoms with Crippen LogP contribution in [0, 0.1) is 27.5 Å². The van der Waals surface area contributed by atoms with Gasteiger partial charge in [-0.25, -0.2) is 4.39 Å². The molecule has 0 N–H and O–H groups in total. The summed E-state index contributed by atoms with van der Waals surface area (Å²) in [5, 5.41) is 0. The van der Waals surface area contributed by atoms with Crippen LogP contribution >= 0.6 is 22.6 Å². The minimum Gasteiger partial charge on any atom is -0.206 e. The van der Waals surface area contributed by atoms with Gasteiger partial charge < -0.3 is 0 Å². The predicted octanol–water partition coefficient (Wildman–Crippen LogP) is 4.92. The molecule has 104 valence electrons. The lowest BCUT2D eigenvalue weighted by molar-refractivity contribution is 0.624. The molecule has 0 atom stereocenters. The normalized spacial score (nSPS) is 9.29. The maximum atomic E-state index is 13.7. The SMILES string of the molecule is CCCc1ccc(C#Cc2ccc(C#CI)c(F)c2)cc1. The highest BCUT2D eigenvalue weighted by molar-refractivity contribution is 14.1. The third-order valence-electron chi connectivity index (χ3n) is 2.99. The molecule has 0 saturated heterocycles. The van der Waals surface area contributed by atoms with E-state index < -0.39 is 0 Å². The topological polar surface area (TPSA) is 0 Å². The largest absolute Gasteiger partial charge is 0.206 e. The highest BCUT2D eigenvalue weighted by Crippen LogP contribution is 2.10. The number of rotatable bonds is 2. The molecule has 0 fully saturated rings. The quantitative estimate of drug-likeness (QED) is 0.506. The summed E-state index contributed by atoms with van der Waals surface area (Å²) in [6, 6.07) is 13.1. The molecule has 0 aromatic heterocycles. The molecule has 0 aliphatic heterocycles. The first kappa shape index (κ1) is 15.6. The Hall–Kier alpha value is -1.78. The van der Waals surface area contributed by atoms with Gasteiger partial charge in [-0.05, 0) is 46.2 Å². The zero-order chi connectivity index (χ0) is 15.1. The van der Waals surface area contributed by atoms with E-state index in [1.807, 2.05) is 34.7 Å². The first-order valence-electron chi connectivity index (χ1n) is 6.75. The van der Waals surface area contributed by atoms with E-state index in [-0.39, 0.29) is 5.82 Å². The molecule has 0 radical (unpaired) electrons. The fourth-order valence-electron chi connectivity index (χ4n) is 1.93. The van der Waals surface area contributed by atoms with E-state index in [1.165, 1.54) is 11.6 Å². The van der Waals surface area contributed by atoms with E-state index in [2.05, 4.69) is 40.7 Å². The van der Waals surface area contributed by atoms with E-state index in [1.54, 1.807) is 12.1 Å². The Balaban J connectivity index is 2.18. The van der Waals surface area contributed by atoms with Crippen LogP contribution < -0.4 is 0 Å². The summed E-state index contributed by atoms with van der Waals surface area (Å²) in [5.41, 5.74) is 3.31. The van der Waals surface area contributed by atoms with Crippen molar-refractivity contribution in [3.05, 3.63) is 70.5 Å². The van der Waals surface area contributed by atoms with Crippen LogP contribution in [0.25, 0.3) is 0 Å². The molecule has 0 bridgehead atoms. The molecule has 0 saturated carbocycles. The molecule has 2 rings (SSSR count). The van der Waals surface area contributed by atoms with Gasteiger partial charge in [-0.2, -0.15) is 0 Å². The summed E-state index contributed by atoms with van der Waals surface area (Å²) >= 11 is 1.89. The second-order valence-electron chi connectivity index (χ2n) is 4.61. The van der Waals surface area contributed by atoms with Crippen molar-refractivity contribution in [2.24, 2.45) is 0 Å². The lowest BCUT2D eigenvalue weighted by Crippen LogP contribution is -1.86. The molecule has 0 aliphatic carbocycles. The molecule has 0 aliphatic rings. The Morgan fingerprint density at radius 3 is 2.24 bits per heavy atom. The molecule has 0 amide bonds. The smallest absolute Gasteiger partial charge is 0.140 e. The van der Waals surface area contributed by atoms with Crippen LogP contribution in [0.15, 0.2) is 42.5 Å². The average molecular weight is 388 g/mol. The van der Waals surface area contributed by atoms with Crippen molar-refractivity contribution < 1.29 is 4.39 Å². The fourth-order valence-corrected chi connectivity index (χ4v) is 2.22. The second-order valence-corrected chi connectivity index (χ2v) is 5.15. The summed E-state index contributed by atoms with van der Waals surface area (Å²) in [6.07, 6.45) is 2.22. The number of benzene rings is 2. The second kappa shape index (κ2) is 7.86. The van der Waals surface area contributed by atoms with Crippen molar-refractivity contribution in [2.45, 2.75) is 19.8 Å². The van der Waals surface area contributed by atoms with Gasteiger partial charge in [0.15, 0.2) is 0 Å². The molecule has 2 aromatic rings. The van der Waals surface area contributed by atoms with Crippen molar-refractivity contribution in [1.29, 1.82) is 0 Å². The molecule has 0 unspecified atom stereocenters. The number of aryl methyl sites for hydroxylation is 1. The Kier molecular flexibility index (Phi) is 5.84. The minimum absolute atomic E-state index is 0.329. The average Bonchev–Trinajstić information content (AvgIpc) is 2.49. The van der Waals surface area contributed by atoms with Gasteiger partial charge in [0, 0.05) is 33.7 Å². The molecular formula is C19H14FI. The van der Waals surface area contributed by atoms with E-state index in [9.17, 15) is 4.39 Å². The molecule has 0 nitrogen and oxygen atoms in total. The maximum absolute atomic E-state index is 13.7. The lowest BCUT2D eigenvalue weighted by atomic mass is 10.1. The van der Waals surface area contributed by atoms with Crippen molar-refractivity contribution >= 4 is 22.6 Å². The highest BCUT2D eigenvalue weighted by atomic mass is 127. The van der Waals surface area contributed by atoms with E-state index in [4.69, 9.17) is 0 Å². The molecule has 0 spiro atoms. The zero-order valence-corrected chi connectivity index (χ0v) is 13.9. The molecule has 0 heterocycles. The standard InChI is InChI=1S/C19H14FI/c1-2-3-15-4-6-16(7-5-15)8-9-17-10-11-18(12-13-21)19(20)14-17/h4-7,10-11,14H,2-3H2,1H3. The van der Waals surface area contributed by atoms with Crippen LogP contribution in [0.1, 0.15) is 35.6 Å². The lowest BCUT2D eigenvalue weighted by Gasteiger charge is -1.98. The van der Waals surface area contributed by atoms with Crippen LogP contribution in [-0.4, -0.2) is 0 Å². The highest BCUT2D eigenvalue weighted by Gasteiger charge is 1.99. The third kappa shape index (κ3) is 4.62. The predicted molar refractivity (Wildman–Crippen MR) is 93.7 cm³/mol. The van der Waals surface area contributed by atoms with Gasteiger partial charge in [0.05, 0.1) is 5.56 Å². The Bertz CT molecular complexity index is 737. The summed E-state index contributed by atoms with van der Waals surface area (Å²) in [5.74, 6) is 8.42. The van der Waals surface area contributed by atoms with Gasteiger partial charge >= 0.3 is 0 Å². The summed E-state index contributed by atoms with van der Waals surface area (Å²) in [6.45, 7) is 2.16. The zero-order valence-electron chi connectivity index (χ0n) is 11.7. The maximum Gasteiger partial charge on any atom is 0.140 e. The van der Waals surface area contributed by atoms with Gasteiger partial charge in [-0.15, -0.1) is 0 Å². The molecule has 21 heavy (non-hydrogen) atoms. The van der Waals surface area contributed by atoms with Crippen LogP contribution in [0.3, 0.4) is 0 Å². The first-order chi connectivity index (χ1) is 10.2. The van der Waals surface area contributed by atoms with Gasteiger partial charge in [-0.1, -0.05) is 43.2 Å². The third-order valence-corrected chi connectivity index (χ3v) is 3.26. The Morgan fingerprint density at radius 2 is 1.62 bits per heavy atom. The summed E-state index contributed by atoms with van der Waals surface area (Å²) < 4.78 is 16.4. The van der Waals surface area contributed by atoms with Gasteiger partial charge in [0.2, 0.25) is 0 Å². The molecule has 2 heteroatoms. The Labute approximate surface area is 138 Å². The van der Waals surface area contributed by atoms with E-state index in [0.717, 1.165) is 18.4 Å². The number of halogens is 2. The molecule has 2 aromatic carbocycles. The van der Waals surface area contributed by atoms with Gasteiger partial charge in [-0.3, -0.25) is 0 Å². The number of hydrogen-bond acceptors (Lipinski definition) is 0. The van der Waals surface area contributed by atoms with Gasteiger partial charge in [0.1, 0.15) is 5.82 Å². The van der Waals surface area contributed by atoms with Gasteiger partial charge in [0.25, 0.3) is 0 Å². The molecular weight excluding hydrogens is 374 g/mol. The van der Waals surface area contributed by atoms with Crippen molar-refractivity contribution in [2.75, 3.05) is 0 Å². The Morgan fingerprint density at radius 1 is 0.952 bits per heavy atom. The monoisotopic (exact) mass is 388 g/mol. The van der Waals surface area contributed by atoms with Crippen LogP contribution in [0.4, 0.5) is 4.39 Å². The first-order valence-corrected chi connectivity index (χ1v) is 7.83. The summed E-state index contributed by atoms with van der Waals surface area (Å²) in [4.78, 5) is 0. The van der Waals surface area contributed by atoms with Crippen molar-refractivity contribution in [1.82, 2.24) is 0 Å². The minimum atomic E-state index is -0.329. The van der Waals surface area contributed by atoms with Crippen molar-refractivity contribution in [3.63, 3.8) is 0 Å². The van der Waals surface area contributed by atoms with Crippen LogP contribution in [0.5, 0.6) is 0 Å². The van der Waals surface area contributed by atoms with Crippen LogP contribution in [0.2, 0.25) is 0 Å². The fraction of sp³-hybridized carbons (Fsp3) is 0.158. The van der Waals surface area contributed by atoms with Crippen LogP contribution in [-0.2, 0) is 6.42 Å². The van der Waals surface area contributed by atoms with E-state index in [0.29, 0.717) is 11.1 Å². The number of hydrogen-bond donors (Lipinski definition) is 0. The van der Waals surface area contributed by atoms with E-state index >= 15 is 0 Å². The van der Waals surface area contributed by atoms with Crippen molar-refractivity contribution in [3.8, 4) is 21.7 Å². The summed E-state index contributed by atoms with van der Waals surface area (Å²) in [7, 11) is 0.